The number of carbonyl (C=O) groups excluding carboxylic acids is 1. The molecule has 0 aliphatic rings. The van der Waals surface area contributed by atoms with Gasteiger partial charge in [-0.05, 0) is 25.5 Å². The quantitative estimate of drug-likeness (QED) is 0.662. The summed E-state index contributed by atoms with van der Waals surface area (Å²) in [6.07, 6.45) is 0. The lowest BCUT2D eigenvalue weighted by atomic mass is 10.2. The predicted octanol–water partition coefficient (Wildman–Crippen LogP) is 1.44. The van der Waals surface area contributed by atoms with E-state index in [-0.39, 0.29) is 11.4 Å². The Balaban J connectivity index is 3.02. The zero-order valence-corrected chi connectivity index (χ0v) is 8.07. The number of esters is 1. The monoisotopic (exact) mass is 190 g/mol. The van der Waals surface area contributed by atoms with Crippen molar-refractivity contribution in [3.63, 3.8) is 0 Å². The molecule has 0 N–H and O–H groups in total. The normalized spacial score (nSPS) is 9.21. The molecular formula is C10H10N2O2. The number of nitrogens with zero attached hydrogens (tertiary/aromatic N) is 2. The van der Waals surface area contributed by atoms with Gasteiger partial charge >= 0.3 is 5.97 Å². The van der Waals surface area contributed by atoms with Gasteiger partial charge in [0.25, 0.3) is 0 Å². The van der Waals surface area contributed by atoms with E-state index in [1.807, 2.05) is 6.07 Å². The van der Waals surface area contributed by atoms with E-state index in [0.29, 0.717) is 6.61 Å². The summed E-state index contributed by atoms with van der Waals surface area (Å²) in [5, 5.41) is 8.69. The van der Waals surface area contributed by atoms with Crippen LogP contribution in [0.3, 0.4) is 0 Å². The van der Waals surface area contributed by atoms with E-state index in [1.165, 1.54) is 0 Å². The minimum absolute atomic E-state index is 0.175. The van der Waals surface area contributed by atoms with Gasteiger partial charge in [0.2, 0.25) is 0 Å². The van der Waals surface area contributed by atoms with Crippen LogP contribution in [0.25, 0.3) is 0 Å². The van der Waals surface area contributed by atoms with E-state index in [1.54, 1.807) is 26.0 Å². The molecule has 1 rings (SSSR count). The van der Waals surface area contributed by atoms with Crippen LogP contribution in [0.5, 0.6) is 0 Å². The molecule has 4 nitrogen and oxygen atoms in total. The Labute approximate surface area is 82.1 Å². The van der Waals surface area contributed by atoms with Crippen LogP contribution in [0.2, 0.25) is 0 Å². The molecular weight excluding hydrogens is 180 g/mol. The van der Waals surface area contributed by atoms with E-state index in [4.69, 9.17) is 10.00 Å². The summed E-state index contributed by atoms with van der Waals surface area (Å²) >= 11 is 0. The highest BCUT2D eigenvalue weighted by Crippen LogP contribution is 2.06. The van der Waals surface area contributed by atoms with Crippen LogP contribution in [0, 0.1) is 18.3 Å². The minimum Gasteiger partial charge on any atom is -0.461 e. The smallest absolute Gasteiger partial charge is 0.356 e. The number of pyridine rings is 1. The van der Waals surface area contributed by atoms with E-state index in [0.717, 1.165) is 5.56 Å². The maximum Gasteiger partial charge on any atom is 0.356 e. The fraction of sp³-hybridized carbons (Fsp3) is 0.300. The first-order valence-corrected chi connectivity index (χ1v) is 4.24. The van der Waals surface area contributed by atoms with Gasteiger partial charge < -0.3 is 4.74 Å². The van der Waals surface area contributed by atoms with Gasteiger partial charge in [0, 0.05) is 0 Å². The molecule has 0 amide bonds. The maximum atomic E-state index is 11.2. The highest BCUT2D eigenvalue weighted by atomic mass is 16.5. The first-order chi connectivity index (χ1) is 6.69. The molecule has 1 heterocycles. The van der Waals surface area contributed by atoms with Crippen LogP contribution in [0.1, 0.15) is 28.7 Å². The number of ether oxygens (including phenoxy) is 1. The molecule has 0 aromatic carbocycles. The third-order valence-corrected chi connectivity index (χ3v) is 1.69. The van der Waals surface area contributed by atoms with Crippen molar-refractivity contribution in [2.24, 2.45) is 0 Å². The average molecular weight is 190 g/mol. The second-order valence-corrected chi connectivity index (χ2v) is 2.69. The zero-order valence-electron chi connectivity index (χ0n) is 8.07. The number of nitriles is 1. The molecule has 1 aromatic rings. The van der Waals surface area contributed by atoms with Crippen molar-refractivity contribution < 1.29 is 9.53 Å². The molecule has 1 aromatic heterocycles. The standard InChI is InChI=1S/C10H10N2O2/c1-3-14-10(13)8-5-4-7(2)9(6-11)12-8/h4-5H,3H2,1-2H3. The van der Waals surface area contributed by atoms with E-state index in [9.17, 15) is 4.79 Å². The zero-order chi connectivity index (χ0) is 10.6. The molecule has 0 spiro atoms. The van der Waals surface area contributed by atoms with Gasteiger partial charge in [-0.3, -0.25) is 0 Å². The number of carbonyl (C=O) groups is 1. The largest absolute Gasteiger partial charge is 0.461 e. The average Bonchev–Trinajstić information content (AvgIpc) is 2.19. The summed E-state index contributed by atoms with van der Waals surface area (Å²) in [5.41, 5.74) is 1.19. The molecule has 4 heteroatoms. The first kappa shape index (κ1) is 10.2. The van der Waals surface area contributed by atoms with Crippen molar-refractivity contribution in [1.82, 2.24) is 4.98 Å². The molecule has 0 bridgehead atoms. The van der Waals surface area contributed by atoms with Gasteiger partial charge in [0.05, 0.1) is 6.61 Å². The second kappa shape index (κ2) is 4.38. The van der Waals surface area contributed by atoms with Crippen molar-refractivity contribution >= 4 is 5.97 Å². The highest BCUT2D eigenvalue weighted by molar-refractivity contribution is 5.87. The van der Waals surface area contributed by atoms with Gasteiger partial charge in [0.1, 0.15) is 17.5 Å². The summed E-state index contributed by atoms with van der Waals surface area (Å²) in [6.45, 7) is 3.79. The Bertz CT molecular complexity index is 394. The number of hydrogen-bond donors (Lipinski definition) is 0. The molecule has 0 saturated carbocycles. The highest BCUT2D eigenvalue weighted by Gasteiger charge is 2.09. The van der Waals surface area contributed by atoms with Crippen molar-refractivity contribution in [3.05, 3.63) is 29.1 Å². The second-order valence-electron chi connectivity index (χ2n) is 2.69. The minimum atomic E-state index is -0.496. The van der Waals surface area contributed by atoms with E-state index in [2.05, 4.69) is 4.98 Å². The molecule has 0 unspecified atom stereocenters. The van der Waals surface area contributed by atoms with Gasteiger partial charge in [0.15, 0.2) is 0 Å². The predicted molar refractivity (Wildman–Crippen MR) is 49.6 cm³/mol. The van der Waals surface area contributed by atoms with Crippen molar-refractivity contribution in [2.45, 2.75) is 13.8 Å². The first-order valence-electron chi connectivity index (χ1n) is 4.24. The lowest BCUT2D eigenvalue weighted by Gasteiger charge is -2.01. The van der Waals surface area contributed by atoms with Gasteiger partial charge in [-0.1, -0.05) is 6.07 Å². The Morgan fingerprint density at radius 3 is 2.93 bits per heavy atom. The fourth-order valence-electron chi connectivity index (χ4n) is 0.961. The molecule has 0 aliphatic carbocycles. The van der Waals surface area contributed by atoms with Crippen LogP contribution in [-0.2, 0) is 4.74 Å². The van der Waals surface area contributed by atoms with Gasteiger partial charge in [-0.15, -0.1) is 0 Å². The van der Waals surface area contributed by atoms with E-state index < -0.39 is 5.97 Å². The van der Waals surface area contributed by atoms with E-state index >= 15 is 0 Å². The van der Waals surface area contributed by atoms with Crippen molar-refractivity contribution in [1.29, 1.82) is 5.26 Å². The van der Waals surface area contributed by atoms with Gasteiger partial charge in [-0.2, -0.15) is 5.26 Å². The molecule has 0 aliphatic heterocycles. The Hall–Kier alpha value is -1.89. The topological polar surface area (TPSA) is 63.0 Å². The van der Waals surface area contributed by atoms with Crippen LogP contribution >= 0.6 is 0 Å². The molecule has 0 fully saturated rings. The summed E-state index contributed by atoms with van der Waals surface area (Å²) in [6, 6.07) is 5.14. The SMILES string of the molecule is CCOC(=O)c1ccc(C)c(C#N)n1. The molecule has 14 heavy (non-hydrogen) atoms. The van der Waals surface area contributed by atoms with Gasteiger partial charge in [-0.25, -0.2) is 9.78 Å². The summed E-state index contributed by atoms with van der Waals surface area (Å²) in [7, 11) is 0. The van der Waals surface area contributed by atoms with Crippen LogP contribution in [0.4, 0.5) is 0 Å². The number of hydrogen-bond acceptors (Lipinski definition) is 4. The Kier molecular flexibility index (Phi) is 3.19. The molecule has 0 saturated heterocycles. The lowest BCUT2D eigenvalue weighted by molar-refractivity contribution is 0.0519. The summed E-state index contributed by atoms with van der Waals surface area (Å²) in [4.78, 5) is 15.1. The number of aromatic nitrogens is 1. The fourth-order valence-corrected chi connectivity index (χ4v) is 0.961. The number of aryl methyl sites for hydroxylation is 1. The van der Waals surface area contributed by atoms with Crippen molar-refractivity contribution in [2.75, 3.05) is 6.61 Å². The lowest BCUT2D eigenvalue weighted by Crippen LogP contribution is -2.08. The van der Waals surface area contributed by atoms with Crippen LogP contribution in [-0.4, -0.2) is 17.6 Å². The molecule has 0 radical (unpaired) electrons. The Morgan fingerprint density at radius 1 is 1.64 bits per heavy atom. The van der Waals surface area contributed by atoms with Crippen LogP contribution in [0.15, 0.2) is 12.1 Å². The third kappa shape index (κ3) is 2.07. The summed E-state index contributed by atoms with van der Waals surface area (Å²) in [5.74, 6) is -0.496. The molecule has 72 valence electrons. The Morgan fingerprint density at radius 2 is 2.36 bits per heavy atom. The molecule has 0 atom stereocenters. The maximum absolute atomic E-state index is 11.2. The third-order valence-electron chi connectivity index (χ3n) is 1.69. The summed E-state index contributed by atoms with van der Waals surface area (Å²) < 4.78 is 4.76. The number of rotatable bonds is 2. The van der Waals surface area contributed by atoms with Crippen molar-refractivity contribution in [3.8, 4) is 6.07 Å². The van der Waals surface area contributed by atoms with Crippen LogP contribution < -0.4 is 0 Å².